The zero-order valence-electron chi connectivity index (χ0n) is 13.3. The Bertz CT molecular complexity index is 691. The second kappa shape index (κ2) is 7.83. The van der Waals surface area contributed by atoms with E-state index >= 15 is 0 Å². The fourth-order valence-electron chi connectivity index (χ4n) is 2.73. The minimum atomic E-state index is -0.286. The van der Waals surface area contributed by atoms with E-state index < -0.39 is 0 Å². The lowest BCUT2D eigenvalue weighted by molar-refractivity contribution is 0.174. The maximum absolute atomic E-state index is 14.1. The summed E-state index contributed by atoms with van der Waals surface area (Å²) in [7, 11) is 0. The van der Waals surface area contributed by atoms with Crippen molar-refractivity contribution in [2.24, 2.45) is 5.73 Å². The van der Waals surface area contributed by atoms with Crippen LogP contribution in [0.3, 0.4) is 0 Å². The van der Waals surface area contributed by atoms with Gasteiger partial charge < -0.3 is 15.2 Å². The Morgan fingerprint density at radius 1 is 1.12 bits per heavy atom. The first kappa shape index (κ1) is 17.0. The monoisotopic (exact) mass is 350 g/mol. The summed E-state index contributed by atoms with van der Waals surface area (Å²) in [5.74, 6) is 1.21. The maximum atomic E-state index is 14.1. The number of hydrogen-bond acceptors (Lipinski definition) is 4. The molecule has 0 fully saturated rings. The Kier molecular flexibility index (Phi) is 5.56. The molecule has 0 aliphatic carbocycles. The predicted molar refractivity (Wildman–Crippen MR) is 91.8 cm³/mol. The molecule has 2 aromatic rings. The number of hydrogen-bond donors (Lipinski definition) is 1. The lowest BCUT2D eigenvalue weighted by Crippen LogP contribution is -2.26. The Hall–Kier alpha value is -1.82. The van der Waals surface area contributed by atoms with Crippen molar-refractivity contribution >= 4 is 11.6 Å². The number of rotatable bonds is 7. The summed E-state index contributed by atoms with van der Waals surface area (Å²) in [5.41, 5.74) is 7.22. The molecule has 6 heteroatoms. The van der Waals surface area contributed by atoms with Crippen LogP contribution in [0.5, 0.6) is 11.5 Å². The molecule has 4 nitrogen and oxygen atoms in total. The molecule has 0 saturated heterocycles. The summed E-state index contributed by atoms with van der Waals surface area (Å²) in [6, 6.07) is 10.6. The number of nitrogens with two attached hydrogens (primary N) is 1. The van der Waals surface area contributed by atoms with Crippen LogP contribution in [0.1, 0.15) is 17.5 Å². The van der Waals surface area contributed by atoms with E-state index in [0.29, 0.717) is 30.2 Å². The Balaban J connectivity index is 1.76. The van der Waals surface area contributed by atoms with Gasteiger partial charge in [0.2, 0.25) is 6.79 Å². The Morgan fingerprint density at radius 2 is 1.96 bits per heavy atom. The van der Waals surface area contributed by atoms with E-state index in [4.69, 9.17) is 26.8 Å². The molecule has 0 aromatic heterocycles. The summed E-state index contributed by atoms with van der Waals surface area (Å²) in [6.07, 6.45) is 0.830. The van der Waals surface area contributed by atoms with Crippen molar-refractivity contribution in [1.29, 1.82) is 0 Å². The molecular weight excluding hydrogens is 331 g/mol. The summed E-state index contributed by atoms with van der Waals surface area (Å²) < 4.78 is 24.8. The van der Waals surface area contributed by atoms with E-state index in [1.54, 1.807) is 12.1 Å². The minimum Gasteiger partial charge on any atom is -0.454 e. The molecule has 2 N–H and O–H groups in total. The van der Waals surface area contributed by atoms with Gasteiger partial charge in [0.05, 0.1) is 0 Å². The summed E-state index contributed by atoms with van der Waals surface area (Å²) in [4.78, 5) is 2.13. The van der Waals surface area contributed by atoms with Crippen molar-refractivity contribution in [2.75, 3.05) is 19.9 Å². The zero-order valence-corrected chi connectivity index (χ0v) is 14.1. The molecule has 0 saturated carbocycles. The number of nitrogens with zero attached hydrogens (tertiary/aromatic N) is 1. The van der Waals surface area contributed by atoms with Gasteiger partial charge in [-0.05, 0) is 42.8 Å². The number of fused-ring (bicyclic) bond motifs is 1. The molecule has 0 unspecified atom stereocenters. The van der Waals surface area contributed by atoms with E-state index in [-0.39, 0.29) is 12.6 Å². The van der Waals surface area contributed by atoms with Crippen molar-refractivity contribution in [3.63, 3.8) is 0 Å². The summed E-state index contributed by atoms with van der Waals surface area (Å²) >= 11 is 6.16. The van der Waals surface area contributed by atoms with Gasteiger partial charge in [0.1, 0.15) is 5.82 Å². The largest absolute Gasteiger partial charge is 0.454 e. The standard InChI is InChI=1S/C18H20ClFN2O2/c19-15-3-1-4-16(20)14(15)11-22(8-2-7-21)10-13-5-6-17-18(9-13)24-12-23-17/h1,3-6,9H,2,7-8,10-12,21H2. The number of ether oxygens (including phenoxy) is 2. The molecule has 1 aliphatic rings. The topological polar surface area (TPSA) is 47.7 Å². The van der Waals surface area contributed by atoms with Crippen molar-refractivity contribution in [3.05, 3.63) is 58.4 Å². The van der Waals surface area contributed by atoms with Gasteiger partial charge in [0.15, 0.2) is 11.5 Å². The minimum absolute atomic E-state index is 0.251. The highest BCUT2D eigenvalue weighted by atomic mass is 35.5. The highest BCUT2D eigenvalue weighted by Gasteiger charge is 2.16. The first-order valence-corrected chi connectivity index (χ1v) is 8.29. The van der Waals surface area contributed by atoms with Gasteiger partial charge in [0.25, 0.3) is 0 Å². The molecule has 0 bridgehead atoms. The zero-order chi connectivity index (χ0) is 16.9. The van der Waals surface area contributed by atoms with Gasteiger partial charge in [-0.2, -0.15) is 0 Å². The Morgan fingerprint density at radius 3 is 2.75 bits per heavy atom. The average Bonchev–Trinajstić information content (AvgIpc) is 3.03. The molecule has 0 spiro atoms. The molecule has 3 rings (SSSR count). The van der Waals surface area contributed by atoms with Gasteiger partial charge in [-0.3, -0.25) is 4.90 Å². The van der Waals surface area contributed by atoms with Gasteiger partial charge in [-0.15, -0.1) is 0 Å². The van der Waals surface area contributed by atoms with Crippen LogP contribution in [-0.2, 0) is 13.1 Å². The van der Waals surface area contributed by atoms with E-state index in [2.05, 4.69) is 4.90 Å². The molecule has 1 aliphatic heterocycles. The fraction of sp³-hybridized carbons (Fsp3) is 0.333. The highest BCUT2D eigenvalue weighted by Crippen LogP contribution is 2.33. The van der Waals surface area contributed by atoms with Crippen LogP contribution < -0.4 is 15.2 Å². The molecule has 0 radical (unpaired) electrons. The molecular formula is C18H20ClFN2O2. The quantitative estimate of drug-likeness (QED) is 0.829. The molecule has 2 aromatic carbocycles. The van der Waals surface area contributed by atoms with Crippen molar-refractivity contribution in [3.8, 4) is 11.5 Å². The van der Waals surface area contributed by atoms with Crippen molar-refractivity contribution in [1.82, 2.24) is 4.90 Å². The smallest absolute Gasteiger partial charge is 0.231 e. The van der Waals surface area contributed by atoms with Gasteiger partial charge in [0, 0.05) is 30.2 Å². The first-order chi connectivity index (χ1) is 11.7. The second-order valence-corrected chi connectivity index (χ2v) is 6.15. The molecule has 0 atom stereocenters. The normalized spacial score (nSPS) is 12.8. The summed E-state index contributed by atoms with van der Waals surface area (Å²) in [6.45, 7) is 2.68. The van der Waals surface area contributed by atoms with Crippen molar-refractivity contribution in [2.45, 2.75) is 19.5 Å². The van der Waals surface area contributed by atoms with E-state index in [1.807, 2.05) is 18.2 Å². The maximum Gasteiger partial charge on any atom is 0.231 e. The van der Waals surface area contributed by atoms with Crippen molar-refractivity contribution < 1.29 is 13.9 Å². The van der Waals surface area contributed by atoms with Crippen LogP contribution in [0, 0.1) is 5.82 Å². The molecule has 1 heterocycles. The SMILES string of the molecule is NCCCN(Cc1ccc2c(c1)OCO2)Cc1c(F)cccc1Cl. The van der Waals surface area contributed by atoms with E-state index in [0.717, 1.165) is 30.0 Å². The fourth-order valence-corrected chi connectivity index (χ4v) is 2.96. The van der Waals surface area contributed by atoms with Crippen LogP contribution in [0.2, 0.25) is 5.02 Å². The van der Waals surface area contributed by atoms with Crippen LogP contribution in [-0.4, -0.2) is 24.8 Å². The lowest BCUT2D eigenvalue weighted by Gasteiger charge is -2.23. The third-order valence-electron chi connectivity index (χ3n) is 3.97. The van der Waals surface area contributed by atoms with E-state index in [1.165, 1.54) is 6.07 Å². The second-order valence-electron chi connectivity index (χ2n) is 5.74. The van der Waals surface area contributed by atoms with Crippen LogP contribution in [0.4, 0.5) is 4.39 Å². The van der Waals surface area contributed by atoms with Gasteiger partial charge in [-0.25, -0.2) is 4.39 Å². The number of halogens is 2. The average molecular weight is 351 g/mol. The van der Waals surface area contributed by atoms with Crippen LogP contribution in [0.25, 0.3) is 0 Å². The van der Waals surface area contributed by atoms with Gasteiger partial charge >= 0.3 is 0 Å². The Labute approximate surface area is 145 Å². The highest BCUT2D eigenvalue weighted by molar-refractivity contribution is 6.31. The van der Waals surface area contributed by atoms with E-state index in [9.17, 15) is 4.39 Å². The lowest BCUT2D eigenvalue weighted by atomic mass is 10.1. The predicted octanol–water partition coefficient (Wildman–Crippen LogP) is 3.56. The third-order valence-corrected chi connectivity index (χ3v) is 4.32. The van der Waals surface area contributed by atoms with Crippen LogP contribution >= 0.6 is 11.6 Å². The molecule has 0 amide bonds. The first-order valence-electron chi connectivity index (χ1n) is 7.91. The number of benzene rings is 2. The molecule has 24 heavy (non-hydrogen) atoms. The van der Waals surface area contributed by atoms with Crippen LogP contribution in [0.15, 0.2) is 36.4 Å². The third kappa shape index (κ3) is 3.98. The summed E-state index contributed by atoms with van der Waals surface area (Å²) in [5, 5.41) is 0.443. The van der Waals surface area contributed by atoms with Gasteiger partial charge in [-0.1, -0.05) is 23.7 Å². The molecule has 128 valence electrons.